The van der Waals surface area contributed by atoms with Crippen molar-refractivity contribution in [1.82, 2.24) is 4.90 Å². The summed E-state index contributed by atoms with van der Waals surface area (Å²) >= 11 is 3.02. The number of anilines is 1. The number of aliphatic imine (C=N–C) groups is 1. The van der Waals surface area contributed by atoms with E-state index in [4.69, 9.17) is 4.99 Å². The average molecular weight is 474 g/mol. The fraction of sp³-hybridized carbons (Fsp3) is 0.154. The highest BCUT2D eigenvalue weighted by molar-refractivity contribution is 8.19. The van der Waals surface area contributed by atoms with Crippen LogP contribution in [0.3, 0.4) is 0 Å². The van der Waals surface area contributed by atoms with Crippen molar-refractivity contribution in [3.63, 3.8) is 0 Å². The Labute approximate surface area is 201 Å². The third-order valence-electron chi connectivity index (χ3n) is 5.55. The first-order valence-corrected chi connectivity index (χ1v) is 12.5. The summed E-state index contributed by atoms with van der Waals surface area (Å²) < 4.78 is 0. The fourth-order valence-corrected chi connectivity index (χ4v) is 6.29. The molecule has 0 aromatic heterocycles. The van der Waals surface area contributed by atoms with Crippen LogP contribution in [0.5, 0.6) is 5.75 Å². The summed E-state index contributed by atoms with van der Waals surface area (Å²) in [6.45, 7) is 3.38. The predicted molar refractivity (Wildman–Crippen MR) is 137 cm³/mol. The van der Waals surface area contributed by atoms with Crippen molar-refractivity contribution in [2.24, 2.45) is 4.99 Å². The van der Waals surface area contributed by atoms with Gasteiger partial charge in [0.05, 0.1) is 5.69 Å². The second-order valence-electron chi connectivity index (χ2n) is 7.63. The number of amides is 1. The molecule has 7 heteroatoms. The molecule has 3 aromatic rings. The molecule has 0 saturated carbocycles. The summed E-state index contributed by atoms with van der Waals surface area (Å²) in [5.74, 6) is 0.0545. The third-order valence-corrected chi connectivity index (χ3v) is 7.93. The van der Waals surface area contributed by atoms with Crippen molar-refractivity contribution in [1.29, 1.82) is 0 Å². The highest BCUT2D eigenvalue weighted by Gasteiger charge is 2.39. The molecule has 5 rings (SSSR count). The zero-order valence-electron chi connectivity index (χ0n) is 18.1. The first kappa shape index (κ1) is 21.7. The van der Waals surface area contributed by atoms with E-state index in [2.05, 4.69) is 36.1 Å². The molecule has 1 fully saturated rings. The normalized spacial score (nSPS) is 18.9. The molecule has 0 atom stereocenters. The van der Waals surface area contributed by atoms with Crippen molar-refractivity contribution < 1.29 is 9.90 Å². The van der Waals surface area contributed by atoms with E-state index < -0.39 is 0 Å². The third kappa shape index (κ3) is 4.26. The standard InChI is InChI=1S/C26H23N3O2S2/c1-2-28-20-13-7-9-15-22(20)32-25(28)23-24(31)29(17-16-18-10-4-3-5-11-18)26(33-23)27-19-12-6-8-14-21(19)30/h3-15,30H,2,16-17H2,1H3/b25-23-,27-26?. The Kier molecular flexibility index (Phi) is 6.15. The van der Waals surface area contributed by atoms with Crippen LogP contribution in [0, 0.1) is 0 Å². The highest BCUT2D eigenvalue weighted by atomic mass is 32.2. The zero-order chi connectivity index (χ0) is 22.8. The minimum Gasteiger partial charge on any atom is -0.506 e. The van der Waals surface area contributed by atoms with E-state index in [-0.39, 0.29) is 11.7 Å². The van der Waals surface area contributed by atoms with Crippen molar-refractivity contribution in [3.05, 3.63) is 94.4 Å². The number of hydrogen-bond donors (Lipinski definition) is 1. The molecule has 1 N–H and O–H groups in total. The number of rotatable bonds is 5. The van der Waals surface area contributed by atoms with Gasteiger partial charge in [-0.15, -0.1) is 0 Å². The number of carbonyl (C=O) groups is 1. The van der Waals surface area contributed by atoms with Gasteiger partial charge < -0.3 is 10.0 Å². The molecule has 3 aromatic carbocycles. The van der Waals surface area contributed by atoms with Crippen LogP contribution in [0.1, 0.15) is 12.5 Å². The number of benzene rings is 3. The van der Waals surface area contributed by atoms with Gasteiger partial charge in [-0.3, -0.25) is 9.69 Å². The maximum absolute atomic E-state index is 13.7. The lowest BCUT2D eigenvalue weighted by Gasteiger charge is -2.19. The number of para-hydroxylation sites is 3. The lowest BCUT2D eigenvalue weighted by molar-refractivity contribution is -0.122. The van der Waals surface area contributed by atoms with E-state index in [9.17, 15) is 9.90 Å². The Hall–Kier alpha value is -3.16. The molecule has 1 saturated heterocycles. The number of phenolic OH excluding ortho intramolecular Hbond substituents is 1. The number of aromatic hydroxyl groups is 1. The van der Waals surface area contributed by atoms with E-state index in [0.29, 0.717) is 22.3 Å². The molecule has 1 amide bonds. The summed E-state index contributed by atoms with van der Waals surface area (Å²) in [4.78, 5) is 24.1. The maximum Gasteiger partial charge on any atom is 0.269 e. The molecule has 0 aliphatic carbocycles. The lowest BCUT2D eigenvalue weighted by atomic mass is 10.1. The van der Waals surface area contributed by atoms with E-state index >= 15 is 0 Å². The Morgan fingerprint density at radius 3 is 2.39 bits per heavy atom. The van der Waals surface area contributed by atoms with Crippen LogP contribution in [0.4, 0.5) is 11.4 Å². The van der Waals surface area contributed by atoms with Crippen LogP contribution < -0.4 is 4.90 Å². The first-order valence-electron chi connectivity index (χ1n) is 10.8. The Bertz CT molecular complexity index is 1260. The fourth-order valence-electron chi connectivity index (χ4n) is 3.88. The summed E-state index contributed by atoms with van der Waals surface area (Å²) in [5, 5.41) is 11.8. The van der Waals surface area contributed by atoms with Crippen LogP contribution in [-0.4, -0.2) is 34.2 Å². The summed E-state index contributed by atoms with van der Waals surface area (Å²) in [6, 6.07) is 25.3. The molecule has 166 valence electrons. The number of hydrogen-bond acceptors (Lipinski definition) is 6. The van der Waals surface area contributed by atoms with Crippen molar-refractivity contribution in [3.8, 4) is 5.75 Å². The number of amidine groups is 1. The van der Waals surface area contributed by atoms with E-state index in [1.165, 1.54) is 11.8 Å². The van der Waals surface area contributed by atoms with E-state index in [0.717, 1.165) is 34.1 Å². The van der Waals surface area contributed by atoms with Gasteiger partial charge in [0.1, 0.15) is 21.4 Å². The smallest absolute Gasteiger partial charge is 0.269 e. The van der Waals surface area contributed by atoms with Crippen LogP contribution in [0.2, 0.25) is 0 Å². The number of thioether (sulfide) groups is 2. The van der Waals surface area contributed by atoms with Crippen LogP contribution in [-0.2, 0) is 11.2 Å². The van der Waals surface area contributed by atoms with Gasteiger partial charge in [-0.05, 0) is 54.9 Å². The van der Waals surface area contributed by atoms with Gasteiger partial charge in [-0.1, -0.05) is 66.4 Å². The predicted octanol–water partition coefficient (Wildman–Crippen LogP) is 6.00. The van der Waals surface area contributed by atoms with Gasteiger partial charge in [0, 0.05) is 18.0 Å². The molecular weight excluding hydrogens is 450 g/mol. The van der Waals surface area contributed by atoms with Crippen molar-refractivity contribution in [2.45, 2.75) is 18.2 Å². The molecule has 0 spiro atoms. The molecule has 0 bridgehead atoms. The van der Waals surface area contributed by atoms with E-state index in [1.807, 2.05) is 36.4 Å². The Morgan fingerprint density at radius 2 is 1.61 bits per heavy atom. The SMILES string of the molecule is CCN1/C(=C2/SC(=Nc3ccccc3O)N(CCc3ccccc3)C2=O)Sc2ccccc21. The first-order chi connectivity index (χ1) is 16.2. The minimum absolute atomic E-state index is 0.0427. The average Bonchev–Trinajstić information content (AvgIpc) is 3.36. The Morgan fingerprint density at radius 1 is 0.879 bits per heavy atom. The van der Waals surface area contributed by atoms with Crippen LogP contribution in [0.15, 0.2) is 98.7 Å². The Balaban J connectivity index is 1.53. The molecule has 0 radical (unpaired) electrons. The summed E-state index contributed by atoms with van der Waals surface area (Å²) in [6.07, 6.45) is 0.723. The second kappa shape index (κ2) is 9.37. The monoisotopic (exact) mass is 473 g/mol. The number of phenols is 1. The van der Waals surface area contributed by atoms with Crippen LogP contribution >= 0.6 is 23.5 Å². The molecular formula is C26H23N3O2S2. The lowest BCUT2D eigenvalue weighted by Crippen LogP contribution is -2.32. The molecule has 33 heavy (non-hydrogen) atoms. The topological polar surface area (TPSA) is 56.1 Å². The van der Waals surface area contributed by atoms with E-state index in [1.54, 1.807) is 34.9 Å². The quantitative estimate of drug-likeness (QED) is 0.461. The second-order valence-corrected chi connectivity index (χ2v) is 9.63. The van der Waals surface area contributed by atoms with Gasteiger partial charge in [0.2, 0.25) is 0 Å². The molecule has 5 nitrogen and oxygen atoms in total. The number of carbonyl (C=O) groups excluding carboxylic acids is 1. The van der Waals surface area contributed by atoms with Crippen molar-refractivity contribution in [2.75, 3.05) is 18.0 Å². The zero-order valence-corrected chi connectivity index (χ0v) is 19.8. The minimum atomic E-state index is -0.0427. The van der Waals surface area contributed by atoms with Crippen LogP contribution in [0.25, 0.3) is 0 Å². The number of nitrogens with zero attached hydrogens (tertiary/aromatic N) is 3. The van der Waals surface area contributed by atoms with Gasteiger partial charge >= 0.3 is 0 Å². The van der Waals surface area contributed by atoms with Gasteiger partial charge in [-0.2, -0.15) is 0 Å². The summed E-state index contributed by atoms with van der Waals surface area (Å²) in [5.41, 5.74) is 2.75. The van der Waals surface area contributed by atoms with Gasteiger partial charge in [0.15, 0.2) is 5.17 Å². The molecule has 0 unspecified atom stereocenters. The maximum atomic E-state index is 13.7. The number of fused-ring (bicyclic) bond motifs is 1. The summed E-state index contributed by atoms with van der Waals surface area (Å²) in [7, 11) is 0. The molecule has 2 aliphatic rings. The van der Waals surface area contributed by atoms with Crippen molar-refractivity contribution >= 4 is 46.0 Å². The largest absolute Gasteiger partial charge is 0.506 e. The van der Waals surface area contributed by atoms with Gasteiger partial charge in [0.25, 0.3) is 5.91 Å². The highest BCUT2D eigenvalue weighted by Crippen LogP contribution is 2.50. The molecule has 2 heterocycles. The van der Waals surface area contributed by atoms with Gasteiger partial charge in [-0.25, -0.2) is 4.99 Å². The molecule has 2 aliphatic heterocycles.